The first-order valence-electron chi connectivity index (χ1n) is 9.41. The summed E-state index contributed by atoms with van der Waals surface area (Å²) >= 11 is 0. The average molecular weight is 347 g/mol. The van der Waals surface area contributed by atoms with Crippen LogP contribution in [0.5, 0.6) is 0 Å². The summed E-state index contributed by atoms with van der Waals surface area (Å²) in [5.41, 5.74) is 2.11. The van der Waals surface area contributed by atoms with Crippen molar-refractivity contribution in [3.63, 3.8) is 0 Å². The summed E-state index contributed by atoms with van der Waals surface area (Å²) in [7, 11) is 0. The van der Waals surface area contributed by atoms with Gasteiger partial charge < -0.3 is 20.2 Å². The van der Waals surface area contributed by atoms with Gasteiger partial charge >= 0.3 is 0 Å². The number of carbonyl (C=O) groups excluding carboxylic acids is 1. The Bertz CT molecular complexity index is 595. The molecule has 0 radical (unpaired) electrons. The van der Waals surface area contributed by atoms with E-state index in [1.807, 2.05) is 4.90 Å². The molecule has 2 N–H and O–H groups in total. The van der Waals surface area contributed by atoms with Gasteiger partial charge in [-0.3, -0.25) is 4.79 Å². The van der Waals surface area contributed by atoms with E-state index in [4.69, 9.17) is 5.11 Å². The van der Waals surface area contributed by atoms with Gasteiger partial charge in [0.05, 0.1) is 18.2 Å². The second-order valence-corrected chi connectivity index (χ2v) is 6.86. The van der Waals surface area contributed by atoms with Gasteiger partial charge in [-0.25, -0.2) is 9.97 Å². The molecule has 0 aromatic carbocycles. The second-order valence-electron chi connectivity index (χ2n) is 6.86. The van der Waals surface area contributed by atoms with E-state index in [0.29, 0.717) is 12.5 Å². The fourth-order valence-corrected chi connectivity index (χ4v) is 3.88. The zero-order valence-corrected chi connectivity index (χ0v) is 15.1. The maximum absolute atomic E-state index is 13.0. The third kappa shape index (κ3) is 4.27. The van der Waals surface area contributed by atoms with E-state index >= 15 is 0 Å². The summed E-state index contributed by atoms with van der Waals surface area (Å²) in [4.78, 5) is 26.1. The number of fused-ring (bicyclic) bond motifs is 1. The molecule has 0 aliphatic carbocycles. The molecule has 0 spiro atoms. The highest BCUT2D eigenvalue weighted by Gasteiger charge is 2.30. The number of nitrogens with zero attached hydrogens (tertiary/aromatic N) is 4. The van der Waals surface area contributed by atoms with Crippen LogP contribution in [0.2, 0.25) is 0 Å². The Kier molecular flexibility index (Phi) is 6.20. The van der Waals surface area contributed by atoms with Gasteiger partial charge in [-0.1, -0.05) is 6.92 Å². The van der Waals surface area contributed by atoms with Crippen LogP contribution < -0.4 is 5.32 Å². The van der Waals surface area contributed by atoms with E-state index < -0.39 is 0 Å². The van der Waals surface area contributed by atoms with Gasteiger partial charge in [0.1, 0.15) is 12.1 Å². The van der Waals surface area contributed by atoms with Crippen molar-refractivity contribution >= 4 is 11.7 Å². The first-order chi connectivity index (χ1) is 12.2. The number of aliphatic hydroxyl groups excluding tert-OH is 1. The largest absolute Gasteiger partial charge is 0.395 e. The summed E-state index contributed by atoms with van der Waals surface area (Å²) in [6.45, 7) is 7.17. The molecular weight excluding hydrogens is 318 g/mol. The number of hydrogen-bond acceptors (Lipinski definition) is 6. The molecule has 25 heavy (non-hydrogen) atoms. The highest BCUT2D eigenvalue weighted by Crippen LogP contribution is 2.23. The molecule has 1 aromatic rings. The number of aromatic nitrogens is 2. The van der Waals surface area contributed by atoms with Gasteiger partial charge in [0.2, 0.25) is 5.91 Å². The molecule has 3 rings (SSSR count). The number of anilines is 1. The maximum atomic E-state index is 13.0. The SMILES string of the molecule is CCN1CCCC(C(=O)N2CCc3ncnc(NCCO)c3CC2)C1. The van der Waals surface area contributed by atoms with Gasteiger partial charge in [0.15, 0.2) is 0 Å². The zero-order valence-electron chi connectivity index (χ0n) is 15.1. The minimum Gasteiger partial charge on any atom is -0.395 e. The number of nitrogens with one attached hydrogen (secondary N) is 1. The molecule has 0 saturated carbocycles. The van der Waals surface area contributed by atoms with Crippen molar-refractivity contribution in [1.29, 1.82) is 0 Å². The molecule has 138 valence electrons. The van der Waals surface area contributed by atoms with Crippen LogP contribution in [0.25, 0.3) is 0 Å². The van der Waals surface area contributed by atoms with Gasteiger partial charge in [-0.15, -0.1) is 0 Å². The number of amides is 1. The summed E-state index contributed by atoms with van der Waals surface area (Å²) in [5, 5.41) is 12.2. The molecule has 1 unspecified atom stereocenters. The number of rotatable bonds is 5. The lowest BCUT2D eigenvalue weighted by molar-refractivity contribution is -0.137. The molecule has 7 heteroatoms. The third-order valence-electron chi connectivity index (χ3n) is 5.30. The van der Waals surface area contributed by atoms with E-state index in [-0.39, 0.29) is 12.5 Å². The van der Waals surface area contributed by atoms with Gasteiger partial charge in [-0.05, 0) is 32.4 Å². The van der Waals surface area contributed by atoms with Crippen LogP contribution >= 0.6 is 0 Å². The molecule has 1 saturated heterocycles. The van der Waals surface area contributed by atoms with Gasteiger partial charge in [0.25, 0.3) is 0 Å². The maximum Gasteiger partial charge on any atom is 0.226 e. The first-order valence-corrected chi connectivity index (χ1v) is 9.41. The quantitative estimate of drug-likeness (QED) is 0.809. The predicted molar refractivity (Wildman–Crippen MR) is 96.4 cm³/mol. The van der Waals surface area contributed by atoms with Crippen LogP contribution in [-0.2, 0) is 17.6 Å². The molecule has 2 aliphatic rings. The fourth-order valence-electron chi connectivity index (χ4n) is 3.88. The highest BCUT2D eigenvalue weighted by molar-refractivity contribution is 5.79. The van der Waals surface area contributed by atoms with Crippen molar-refractivity contribution in [1.82, 2.24) is 19.8 Å². The Morgan fingerprint density at radius 2 is 2.16 bits per heavy atom. The Morgan fingerprint density at radius 1 is 1.32 bits per heavy atom. The molecule has 1 aromatic heterocycles. The Hall–Kier alpha value is -1.73. The molecule has 1 atom stereocenters. The lowest BCUT2D eigenvalue weighted by Crippen LogP contribution is -2.45. The van der Waals surface area contributed by atoms with Crippen molar-refractivity contribution in [2.45, 2.75) is 32.6 Å². The first kappa shape index (κ1) is 18.1. The van der Waals surface area contributed by atoms with E-state index in [1.165, 1.54) is 0 Å². The Balaban J connectivity index is 1.66. The molecule has 1 fully saturated rings. The average Bonchev–Trinajstić information content (AvgIpc) is 2.89. The van der Waals surface area contributed by atoms with Gasteiger partial charge in [-0.2, -0.15) is 0 Å². The Labute approximate surface area is 149 Å². The smallest absolute Gasteiger partial charge is 0.226 e. The van der Waals surface area contributed by atoms with E-state index in [2.05, 4.69) is 27.1 Å². The highest BCUT2D eigenvalue weighted by atomic mass is 16.3. The molecule has 0 bridgehead atoms. The molecule has 3 heterocycles. The van der Waals surface area contributed by atoms with Gasteiger partial charge in [0, 0.05) is 38.2 Å². The van der Waals surface area contributed by atoms with Crippen LogP contribution in [0, 0.1) is 5.92 Å². The minimum absolute atomic E-state index is 0.0684. The van der Waals surface area contributed by atoms with Crippen molar-refractivity contribution in [3.05, 3.63) is 17.6 Å². The third-order valence-corrected chi connectivity index (χ3v) is 5.30. The number of piperidine rings is 1. The number of likely N-dealkylation sites (tertiary alicyclic amines) is 1. The van der Waals surface area contributed by atoms with Crippen LogP contribution in [-0.4, -0.2) is 76.7 Å². The second kappa shape index (κ2) is 8.58. The van der Waals surface area contributed by atoms with Crippen molar-refractivity contribution < 1.29 is 9.90 Å². The number of carbonyl (C=O) groups is 1. The Morgan fingerprint density at radius 3 is 2.96 bits per heavy atom. The van der Waals surface area contributed by atoms with Crippen LogP contribution in [0.1, 0.15) is 31.0 Å². The number of aliphatic hydroxyl groups is 1. The summed E-state index contributed by atoms with van der Waals surface area (Å²) < 4.78 is 0. The number of hydrogen-bond donors (Lipinski definition) is 2. The van der Waals surface area contributed by atoms with E-state index in [9.17, 15) is 4.79 Å². The zero-order chi connectivity index (χ0) is 17.6. The normalized spacial score (nSPS) is 21.5. The monoisotopic (exact) mass is 347 g/mol. The summed E-state index contributed by atoms with van der Waals surface area (Å²) in [6, 6.07) is 0. The lowest BCUT2D eigenvalue weighted by atomic mass is 9.96. The molecular formula is C18H29N5O2. The molecule has 2 aliphatic heterocycles. The van der Waals surface area contributed by atoms with Crippen LogP contribution in [0.3, 0.4) is 0 Å². The van der Waals surface area contributed by atoms with Crippen LogP contribution in [0.4, 0.5) is 5.82 Å². The molecule has 1 amide bonds. The van der Waals surface area contributed by atoms with E-state index in [1.54, 1.807) is 6.33 Å². The minimum atomic E-state index is 0.0684. The van der Waals surface area contributed by atoms with Crippen molar-refractivity contribution in [2.75, 3.05) is 51.2 Å². The van der Waals surface area contributed by atoms with Crippen molar-refractivity contribution in [2.24, 2.45) is 5.92 Å². The van der Waals surface area contributed by atoms with Crippen LogP contribution in [0.15, 0.2) is 6.33 Å². The summed E-state index contributed by atoms with van der Waals surface area (Å²) in [6.07, 6.45) is 5.21. The summed E-state index contributed by atoms with van der Waals surface area (Å²) in [5.74, 6) is 1.22. The lowest BCUT2D eigenvalue weighted by Gasteiger charge is -2.34. The van der Waals surface area contributed by atoms with Crippen molar-refractivity contribution in [3.8, 4) is 0 Å². The van der Waals surface area contributed by atoms with E-state index in [0.717, 1.165) is 75.5 Å². The topological polar surface area (TPSA) is 81.6 Å². The molecule has 7 nitrogen and oxygen atoms in total. The predicted octanol–water partition coefficient (Wildman–Crippen LogP) is 0.540. The standard InChI is InChI=1S/C18H29N5O2/c1-2-22-8-3-4-14(12-22)18(25)23-9-5-15-16(6-10-23)20-13-21-17(15)19-7-11-24/h13-14,24H,2-12H2,1H3,(H,19,20,21). The fraction of sp³-hybridized carbons (Fsp3) is 0.722.